The van der Waals surface area contributed by atoms with Gasteiger partial charge in [-0.2, -0.15) is 0 Å². The molecule has 4 aliphatic carbocycles. The monoisotopic (exact) mass is 678 g/mol. The van der Waals surface area contributed by atoms with Crippen LogP contribution in [0.25, 0.3) is 0 Å². The summed E-state index contributed by atoms with van der Waals surface area (Å²) in [6.45, 7) is 20.8. The van der Waals surface area contributed by atoms with Gasteiger partial charge in [0.25, 0.3) is 0 Å². The highest BCUT2D eigenvalue weighted by Crippen LogP contribution is 2.79. The first-order valence-electron chi connectivity index (χ1n) is 18.4. The zero-order chi connectivity index (χ0) is 35.6. The molecule has 10 heteroatoms. The molecule has 2 aliphatic heterocycles. The number of aliphatic hydroxyl groups excluding tert-OH is 4. The van der Waals surface area contributed by atoms with Gasteiger partial charge in [-0.25, -0.2) is 0 Å². The van der Waals surface area contributed by atoms with Gasteiger partial charge in [0.15, 0.2) is 12.4 Å². The number of fused-ring (bicyclic) bond motifs is 6. The molecule has 0 aromatic carbocycles. The molecule has 0 bridgehead atoms. The molecule has 0 unspecified atom stereocenters. The summed E-state index contributed by atoms with van der Waals surface area (Å²) in [7, 11) is 0. The minimum Gasteiger partial charge on any atom is -0.488 e. The number of ether oxygens (including phenoxy) is 4. The van der Waals surface area contributed by atoms with E-state index < -0.39 is 59.9 Å². The molecule has 0 amide bonds. The highest BCUT2D eigenvalue weighted by Gasteiger charge is 2.75. The first-order chi connectivity index (χ1) is 22.1. The van der Waals surface area contributed by atoms with Crippen molar-refractivity contribution in [3.05, 3.63) is 11.3 Å². The highest BCUT2D eigenvalue weighted by atomic mass is 16.7. The smallest absolute Gasteiger partial charge is 0.303 e. The number of esters is 1. The molecule has 0 radical (unpaired) electrons. The average molecular weight is 679 g/mol. The standard InChI is InChI=1S/C38H62O10/c1-19-17-22(31(34(5,6)44)46-20(2)39)47-29-26(19)37(9)16-15-36(8)24(38(37,10)30(29)43)12-11-23-33(3,4)25(13-14-35(23,36)7)48-32-28(42)27(41)21(40)18-45-32/h19,21-25,27-28,30-32,40-44H,11-18H2,1-10H3/t19-,21+,22-,23+,24-,25+,27+,28-,30+,31+,32+,35+,36-,37-,38-/m1/s1. The van der Waals surface area contributed by atoms with Gasteiger partial charge in [0.2, 0.25) is 0 Å². The van der Waals surface area contributed by atoms with Gasteiger partial charge in [0.05, 0.1) is 18.3 Å². The van der Waals surface area contributed by atoms with Crippen LogP contribution < -0.4 is 0 Å². The Balaban J connectivity index is 1.29. The van der Waals surface area contributed by atoms with E-state index in [1.54, 1.807) is 13.8 Å². The summed E-state index contributed by atoms with van der Waals surface area (Å²) < 4.78 is 24.5. The van der Waals surface area contributed by atoms with E-state index in [1.807, 2.05) is 0 Å². The molecule has 1 saturated heterocycles. The fourth-order valence-corrected chi connectivity index (χ4v) is 12.6. The molecule has 6 aliphatic rings. The third-order valence-electron chi connectivity index (χ3n) is 15.4. The van der Waals surface area contributed by atoms with Crippen LogP contribution in [0.2, 0.25) is 0 Å². The Morgan fingerprint density at radius 2 is 1.54 bits per heavy atom. The SMILES string of the molecule is CC(=O)O[C@@H]([C@H]1C[C@@H](C)C2=C(O1)[C@H](O)[C@@]1(C)[C@@H]3CC[C@H]4C(C)(C)[C@@H](O[C@@H]5OC[C@H](O)[C@H](O)[C@H]5O)CC[C@]4(C)[C@]3(C)CC[C@]21C)C(C)(C)O. The highest BCUT2D eigenvalue weighted by molar-refractivity contribution is 5.66. The van der Waals surface area contributed by atoms with E-state index >= 15 is 0 Å². The number of aliphatic hydroxyl groups is 5. The molecule has 0 aromatic rings. The van der Waals surface area contributed by atoms with Crippen LogP contribution in [0.5, 0.6) is 0 Å². The molecule has 15 atom stereocenters. The van der Waals surface area contributed by atoms with Crippen LogP contribution in [0.4, 0.5) is 0 Å². The van der Waals surface area contributed by atoms with Crippen molar-refractivity contribution in [3.8, 4) is 0 Å². The summed E-state index contributed by atoms with van der Waals surface area (Å²) in [4.78, 5) is 12.1. The van der Waals surface area contributed by atoms with Crippen LogP contribution in [0.1, 0.15) is 114 Å². The van der Waals surface area contributed by atoms with Crippen molar-refractivity contribution >= 4 is 5.97 Å². The quantitative estimate of drug-likeness (QED) is 0.211. The Bertz CT molecular complexity index is 1310. The van der Waals surface area contributed by atoms with Crippen LogP contribution in [-0.4, -0.2) is 92.7 Å². The van der Waals surface area contributed by atoms with Crippen molar-refractivity contribution in [2.45, 2.75) is 169 Å². The molecular formula is C38H62O10. The molecule has 48 heavy (non-hydrogen) atoms. The zero-order valence-electron chi connectivity index (χ0n) is 30.8. The second-order valence-electron chi connectivity index (χ2n) is 18.5. The number of carbonyl (C=O) groups is 1. The lowest BCUT2D eigenvalue weighted by molar-refractivity contribution is -0.314. The summed E-state index contributed by atoms with van der Waals surface area (Å²) in [5.74, 6) is 0.760. The number of allylic oxidation sites excluding steroid dienone is 1. The normalized spacial score (nSPS) is 50.7. The third-order valence-corrected chi connectivity index (χ3v) is 15.4. The first kappa shape index (κ1) is 36.5. The average Bonchev–Trinajstić information content (AvgIpc) is 3.16. The van der Waals surface area contributed by atoms with Crippen LogP contribution in [0, 0.1) is 44.8 Å². The molecule has 3 saturated carbocycles. The van der Waals surface area contributed by atoms with Gasteiger partial charge in [-0.1, -0.05) is 48.5 Å². The van der Waals surface area contributed by atoms with Crippen molar-refractivity contribution in [1.82, 2.24) is 0 Å². The summed E-state index contributed by atoms with van der Waals surface area (Å²) in [6.07, 6.45) is -1.08. The number of carbonyl (C=O) groups excluding carboxylic acids is 1. The predicted octanol–water partition coefficient (Wildman–Crippen LogP) is 4.23. The summed E-state index contributed by atoms with van der Waals surface area (Å²) >= 11 is 0. The maximum Gasteiger partial charge on any atom is 0.303 e. The molecule has 6 rings (SSSR count). The molecule has 0 aromatic heterocycles. The molecule has 4 fully saturated rings. The first-order valence-corrected chi connectivity index (χ1v) is 18.4. The van der Waals surface area contributed by atoms with Gasteiger partial charge in [0, 0.05) is 17.8 Å². The molecule has 10 nitrogen and oxygen atoms in total. The Morgan fingerprint density at radius 3 is 2.17 bits per heavy atom. The van der Waals surface area contributed by atoms with E-state index in [9.17, 15) is 30.3 Å². The van der Waals surface area contributed by atoms with Gasteiger partial charge in [0.1, 0.15) is 36.3 Å². The van der Waals surface area contributed by atoms with E-state index in [0.717, 1.165) is 38.5 Å². The van der Waals surface area contributed by atoms with Gasteiger partial charge in [-0.15, -0.1) is 0 Å². The van der Waals surface area contributed by atoms with E-state index in [2.05, 4.69) is 48.5 Å². The van der Waals surface area contributed by atoms with E-state index in [-0.39, 0.29) is 46.2 Å². The largest absolute Gasteiger partial charge is 0.488 e. The van der Waals surface area contributed by atoms with Gasteiger partial charge in [-0.05, 0) is 98.4 Å². The van der Waals surface area contributed by atoms with Gasteiger partial charge < -0.3 is 44.5 Å². The number of rotatable bonds is 5. The van der Waals surface area contributed by atoms with Crippen LogP contribution in [-0.2, 0) is 23.7 Å². The fraction of sp³-hybridized carbons (Fsp3) is 0.921. The van der Waals surface area contributed by atoms with Gasteiger partial charge in [-0.3, -0.25) is 4.79 Å². The minimum atomic E-state index is -1.32. The van der Waals surface area contributed by atoms with E-state index in [0.29, 0.717) is 18.1 Å². The molecule has 5 N–H and O–H groups in total. The Labute approximate surface area is 286 Å². The summed E-state index contributed by atoms with van der Waals surface area (Å²) in [5.41, 5.74) is -1.28. The fourth-order valence-electron chi connectivity index (χ4n) is 12.6. The van der Waals surface area contributed by atoms with Crippen molar-refractivity contribution in [2.24, 2.45) is 44.8 Å². The summed E-state index contributed by atoms with van der Waals surface area (Å²) in [6, 6.07) is 0. The topological polar surface area (TPSA) is 155 Å². The molecule has 2 heterocycles. The number of hydrogen-bond acceptors (Lipinski definition) is 10. The Hall–Kier alpha value is -1.27. The lowest BCUT2D eigenvalue weighted by atomic mass is 9.32. The molecule has 274 valence electrons. The number of hydrogen-bond donors (Lipinski definition) is 5. The minimum absolute atomic E-state index is 0.0511. The third kappa shape index (κ3) is 4.93. The van der Waals surface area contributed by atoms with Crippen LogP contribution in [0.3, 0.4) is 0 Å². The van der Waals surface area contributed by atoms with Crippen molar-refractivity contribution in [2.75, 3.05) is 6.61 Å². The molecular weight excluding hydrogens is 616 g/mol. The maximum absolute atomic E-state index is 12.5. The van der Waals surface area contributed by atoms with Gasteiger partial charge >= 0.3 is 5.97 Å². The summed E-state index contributed by atoms with van der Waals surface area (Å²) in [5, 5.41) is 54.4. The van der Waals surface area contributed by atoms with E-state index in [1.165, 1.54) is 12.5 Å². The maximum atomic E-state index is 12.5. The lowest BCUT2D eigenvalue weighted by Crippen LogP contribution is -2.68. The second-order valence-corrected chi connectivity index (χ2v) is 18.5. The van der Waals surface area contributed by atoms with Crippen LogP contribution >= 0.6 is 0 Å². The zero-order valence-corrected chi connectivity index (χ0v) is 30.8. The Kier molecular flexibility index (Phi) is 8.84. The lowest BCUT2D eigenvalue weighted by Gasteiger charge is -2.72. The van der Waals surface area contributed by atoms with E-state index in [4.69, 9.17) is 18.9 Å². The predicted molar refractivity (Wildman–Crippen MR) is 177 cm³/mol. The van der Waals surface area contributed by atoms with Crippen molar-refractivity contribution < 1.29 is 49.3 Å². The van der Waals surface area contributed by atoms with Crippen LogP contribution in [0.15, 0.2) is 11.3 Å². The molecule has 0 spiro atoms. The Morgan fingerprint density at radius 1 is 0.917 bits per heavy atom. The van der Waals surface area contributed by atoms with Crippen molar-refractivity contribution in [1.29, 1.82) is 0 Å². The second kappa shape index (κ2) is 11.6. The van der Waals surface area contributed by atoms with Crippen molar-refractivity contribution in [3.63, 3.8) is 0 Å².